The van der Waals surface area contributed by atoms with Gasteiger partial charge in [0.05, 0.1) is 24.3 Å². The van der Waals surface area contributed by atoms with E-state index in [1.54, 1.807) is 34.6 Å². The van der Waals surface area contributed by atoms with Crippen LogP contribution in [0.15, 0.2) is 50.9 Å². The second kappa shape index (κ2) is 6.50. The van der Waals surface area contributed by atoms with Crippen LogP contribution in [0, 0.1) is 0 Å². The van der Waals surface area contributed by atoms with Crippen molar-refractivity contribution in [3.63, 3.8) is 0 Å². The first-order valence-corrected chi connectivity index (χ1v) is 8.39. The van der Waals surface area contributed by atoms with Crippen LogP contribution in [0.2, 0.25) is 0 Å². The number of rotatable bonds is 3. The minimum absolute atomic E-state index is 0.235. The molecule has 1 fully saturated rings. The maximum atomic E-state index is 12.4. The molecular formula is C16H15N3O4S. The summed E-state index contributed by atoms with van der Waals surface area (Å²) in [5.41, 5.74) is 0. The molecule has 8 heteroatoms. The molecule has 0 bridgehead atoms. The summed E-state index contributed by atoms with van der Waals surface area (Å²) < 4.78 is 16.3. The fourth-order valence-corrected chi connectivity index (χ4v) is 3.21. The van der Waals surface area contributed by atoms with Crippen LogP contribution in [0.5, 0.6) is 0 Å². The predicted octanol–water partition coefficient (Wildman–Crippen LogP) is 3.60. The first kappa shape index (κ1) is 15.0. The number of carbonyl (C=O) groups excluding carboxylic acids is 1. The molecule has 0 aliphatic carbocycles. The van der Waals surface area contributed by atoms with Gasteiger partial charge < -0.3 is 18.6 Å². The Bertz CT molecular complexity index is 797. The Kier molecular flexibility index (Phi) is 4.06. The lowest BCUT2D eigenvalue weighted by atomic mass is 10.2. The zero-order valence-electron chi connectivity index (χ0n) is 12.7. The maximum Gasteiger partial charge on any atom is 0.323 e. The van der Waals surface area contributed by atoms with Gasteiger partial charge in [0.2, 0.25) is 0 Å². The number of aromatic nitrogens is 1. The van der Waals surface area contributed by atoms with Gasteiger partial charge in [0.15, 0.2) is 11.6 Å². The Morgan fingerprint density at radius 3 is 3.12 bits per heavy atom. The van der Waals surface area contributed by atoms with E-state index in [1.807, 2.05) is 23.6 Å². The van der Waals surface area contributed by atoms with Gasteiger partial charge in [-0.25, -0.2) is 4.79 Å². The highest BCUT2D eigenvalue weighted by Crippen LogP contribution is 2.27. The summed E-state index contributed by atoms with van der Waals surface area (Å²) in [6.45, 7) is 1.39. The third kappa shape index (κ3) is 3.06. The highest BCUT2D eigenvalue weighted by Gasteiger charge is 2.27. The summed E-state index contributed by atoms with van der Waals surface area (Å²) in [4.78, 5) is 15.1. The van der Waals surface area contributed by atoms with Crippen LogP contribution in [-0.2, 0) is 4.74 Å². The quantitative estimate of drug-likeness (QED) is 0.784. The maximum absolute atomic E-state index is 12.4. The lowest BCUT2D eigenvalue weighted by molar-refractivity contribution is -0.0243. The lowest BCUT2D eigenvalue weighted by Gasteiger charge is -2.31. The monoisotopic (exact) mass is 345 g/mol. The number of anilines is 1. The van der Waals surface area contributed by atoms with Gasteiger partial charge in [-0.05, 0) is 23.6 Å². The van der Waals surface area contributed by atoms with Gasteiger partial charge in [-0.3, -0.25) is 5.32 Å². The predicted molar refractivity (Wildman–Crippen MR) is 87.8 cm³/mol. The summed E-state index contributed by atoms with van der Waals surface area (Å²) in [6.07, 6.45) is 1.35. The first-order valence-electron chi connectivity index (χ1n) is 7.51. The van der Waals surface area contributed by atoms with E-state index in [0.717, 1.165) is 4.88 Å². The molecule has 1 aliphatic heterocycles. The van der Waals surface area contributed by atoms with Gasteiger partial charge in [0, 0.05) is 12.6 Å². The highest BCUT2D eigenvalue weighted by molar-refractivity contribution is 7.13. The average Bonchev–Trinajstić information content (AvgIpc) is 3.36. The van der Waals surface area contributed by atoms with E-state index in [9.17, 15) is 4.79 Å². The van der Waals surface area contributed by atoms with Crippen LogP contribution in [0.4, 0.5) is 10.6 Å². The number of hydrogen-bond acceptors (Lipinski definition) is 6. The Morgan fingerprint density at radius 1 is 1.38 bits per heavy atom. The Hall–Kier alpha value is -2.58. The molecule has 7 nitrogen and oxygen atoms in total. The van der Waals surface area contributed by atoms with Crippen molar-refractivity contribution in [2.24, 2.45) is 0 Å². The third-order valence-corrected chi connectivity index (χ3v) is 4.61. The van der Waals surface area contributed by atoms with Crippen LogP contribution in [0.3, 0.4) is 0 Å². The molecule has 1 atom stereocenters. The van der Waals surface area contributed by atoms with E-state index in [0.29, 0.717) is 37.0 Å². The van der Waals surface area contributed by atoms with E-state index in [2.05, 4.69) is 10.5 Å². The number of nitrogens with one attached hydrogen (secondary N) is 1. The molecule has 1 N–H and O–H groups in total. The summed E-state index contributed by atoms with van der Waals surface area (Å²) in [6, 6.07) is 9.00. The number of hydrogen-bond donors (Lipinski definition) is 1. The number of furan rings is 1. The largest absolute Gasteiger partial charge is 0.467 e. The molecule has 0 radical (unpaired) electrons. The van der Waals surface area contributed by atoms with Crippen LogP contribution in [-0.4, -0.2) is 35.8 Å². The zero-order valence-corrected chi connectivity index (χ0v) is 13.5. The fourth-order valence-electron chi connectivity index (χ4n) is 2.54. The van der Waals surface area contributed by atoms with Crippen molar-refractivity contribution < 1.29 is 18.5 Å². The molecule has 2 amide bonds. The number of amides is 2. The van der Waals surface area contributed by atoms with Crippen molar-refractivity contribution in [2.45, 2.75) is 6.10 Å². The minimum Gasteiger partial charge on any atom is -0.467 e. The molecule has 1 aliphatic rings. The lowest BCUT2D eigenvalue weighted by Crippen LogP contribution is -2.44. The molecule has 0 spiro atoms. The molecule has 4 heterocycles. The Morgan fingerprint density at radius 2 is 2.33 bits per heavy atom. The summed E-state index contributed by atoms with van der Waals surface area (Å²) in [7, 11) is 0. The van der Waals surface area contributed by atoms with E-state index >= 15 is 0 Å². The number of thiophene rings is 1. The normalized spacial score (nSPS) is 17.8. The topological polar surface area (TPSA) is 80.7 Å². The summed E-state index contributed by atoms with van der Waals surface area (Å²) >= 11 is 1.55. The number of ether oxygens (including phenoxy) is 1. The molecular weight excluding hydrogens is 330 g/mol. The van der Waals surface area contributed by atoms with E-state index in [-0.39, 0.29) is 12.1 Å². The van der Waals surface area contributed by atoms with Crippen LogP contribution in [0.1, 0.15) is 11.9 Å². The molecule has 0 aromatic carbocycles. The molecule has 3 aromatic heterocycles. The standard InChI is InChI=1S/C16H15N3O4S/c20-16(17-15-9-12(23-18-15)14-4-2-8-24-14)19-5-7-22-13(10-19)11-3-1-6-21-11/h1-4,6,8-9,13H,5,7,10H2,(H,17,18,20). The van der Waals surface area contributed by atoms with Crippen LogP contribution < -0.4 is 5.32 Å². The van der Waals surface area contributed by atoms with Crippen LogP contribution >= 0.6 is 11.3 Å². The van der Waals surface area contributed by atoms with E-state index in [4.69, 9.17) is 13.7 Å². The third-order valence-electron chi connectivity index (χ3n) is 3.72. The molecule has 0 saturated carbocycles. The zero-order chi connectivity index (χ0) is 16.4. The minimum atomic E-state index is -0.251. The average molecular weight is 345 g/mol. The number of morpholine rings is 1. The Labute approximate surface area is 141 Å². The molecule has 1 unspecified atom stereocenters. The molecule has 4 rings (SSSR count). The van der Waals surface area contributed by atoms with Gasteiger partial charge in [-0.1, -0.05) is 11.2 Å². The number of urea groups is 1. The van der Waals surface area contributed by atoms with E-state index < -0.39 is 0 Å². The van der Waals surface area contributed by atoms with Gasteiger partial charge >= 0.3 is 6.03 Å². The molecule has 124 valence electrons. The second-order valence-electron chi connectivity index (χ2n) is 5.30. The van der Waals surface area contributed by atoms with Crippen molar-refractivity contribution in [3.8, 4) is 10.6 Å². The molecule has 1 saturated heterocycles. The Balaban J connectivity index is 1.41. The second-order valence-corrected chi connectivity index (χ2v) is 6.25. The van der Waals surface area contributed by atoms with Gasteiger partial charge in [0.1, 0.15) is 11.9 Å². The van der Waals surface area contributed by atoms with Crippen LogP contribution in [0.25, 0.3) is 10.6 Å². The SMILES string of the molecule is O=C(Nc1cc(-c2cccs2)on1)N1CCOC(c2ccco2)C1. The van der Waals surface area contributed by atoms with Crippen molar-refractivity contribution in [3.05, 3.63) is 47.7 Å². The smallest absolute Gasteiger partial charge is 0.323 e. The van der Waals surface area contributed by atoms with Gasteiger partial charge in [-0.2, -0.15) is 0 Å². The van der Waals surface area contributed by atoms with E-state index in [1.165, 1.54) is 0 Å². The fraction of sp³-hybridized carbons (Fsp3) is 0.250. The van der Waals surface area contributed by atoms with Crippen molar-refractivity contribution in [2.75, 3.05) is 25.0 Å². The van der Waals surface area contributed by atoms with Crippen molar-refractivity contribution >= 4 is 23.2 Å². The van der Waals surface area contributed by atoms with Gasteiger partial charge in [-0.15, -0.1) is 11.3 Å². The summed E-state index contributed by atoms with van der Waals surface area (Å²) in [5.74, 6) is 1.74. The van der Waals surface area contributed by atoms with Gasteiger partial charge in [0.25, 0.3) is 0 Å². The highest BCUT2D eigenvalue weighted by atomic mass is 32.1. The summed E-state index contributed by atoms with van der Waals surface area (Å²) in [5, 5.41) is 8.62. The molecule has 24 heavy (non-hydrogen) atoms. The van der Waals surface area contributed by atoms with Crippen molar-refractivity contribution in [1.29, 1.82) is 0 Å². The first-order chi connectivity index (χ1) is 11.8. The number of nitrogens with zero attached hydrogens (tertiary/aromatic N) is 2. The molecule has 3 aromatic rings. The van der Waals surface area contributed by atoms with Crippen molar-refractivity contribution in [1.82, 2.24) is 10.1 Å². The number of carbonyl (C=O) groups is 1.